The van der Waals surface area contributed by atoms with Crippen LogP contribution in [-0.2, 0) is 27.3 Å². The Morgan fingerprint density at radius 3 is 2.38 bits per heavy atom. The topological polar surface area (TPSA) is 132 Å². The zero-order valence-electron chi connectivity index (χ0n) is 30.3. The van der Waals surface area contributed by atoms with E-state index in [1.165, 1.54) is 10.9 Å². The van der Waals surface area contributed by atoms with Crippen LogP contribution in [0.15, 0.2) is 59.7 Å². The van der Waals surface area contributed by atoms with E-state index in [1.54, 1.807) is 18.2 Å². The fourth-order valence-corrected chi connectivity index (χ4v) is 7.47. The van der Waals surface area contributed by atoms with E-state index in [1.807, 2.05) is 35.2 Å². The molecule has 0 radical (unpaired) electrons. The molecule has 2 aromatic carbocycles. The Bertz CT molecular complexity index is 1830. The van der Waals surface area contributed by atoms with Crippen LogP contribution in [0.5, 0.6) is 0 Å². The van der Waals surface area contributed by atoms with E-state index in [-0.39, 0.29) is 35.6 Å². The van der Waals surface area contributed by atoms with E-state index in [9.17, 15) is 24.3 Å². The molecule has 12 heteroatoms. The summed E-state index contributed by atoms with van der Waals surface area (Å²) in [5, 5.41) is 14.9. The zero-order chi connectivity index (χ0) is 36.7. The van der Waals surface area contributed by atoms with Gasteiger partial charge in [0.2, 0.25) is 17.6 Å². The quantitative estimate of drug-likeness (QED) is 0.180. The molecule has 2 saturated heterocycles. The summed E-state index contributed by atoms with van der Waals surface area (Å²) in [4.78, 5) is 66.9. The summed E-state index contributed by atoms with van der Waals surface area (Å²) in [5.74, 6) is -0.256. The van der Waals surface area contributed by atoms with Crippen molar-refractivity contribution in [1.82, 2.24) is 24.3 Å². The highest BCUT2D eigenvalue weighted by atomic mass is 16.3. The highest BCUT2D eigenvalue weighted by molar-refractivity contribution is 5.94. The molecule has 3 heterocycles. The number of carbonyl (C=O) groups excluding carboxylic acids is 3. The highest BCUT2D eigenvalue weighted by Gasteiger charge is 2.57. The molecule has 1 unspecified atom stereocenters. The molecule has 0 bridgehead atoms. The lowest BCUT2D eigenvalue weighted by Crippen LogP contribution is -2.51. The Hall–Kier alpha value is -4.44. The molecule has 1 atom stereocenters. The molecular formula is C40H51N7O5. The molecule has 276 valence electrons. The Morgan fingerprint density at radius 1 is 0.962 bits per heavy atom. The number of Topliss-reactive ketones (excluding diaryl/α,β-unsaturated/α-hetero) is 1. The van der Waals surface area contributed by atoms with Gasteiger partial charge in [-0.05, 0) is 62.9 Å². The van der Waals surface area contributed by atoms with Crippen molar-refractivity contribution in [3.05, 3.63) is 82.2 Å². The van der Waals surface area contributed by atoms with Crippen LogP contribution < -0.4 is 10.9 Å². The number of benzene rings is 2. The molecule has 1 aliphatic carbocycles. The monoisotopic (exact) mass is 709 g/mol. The van der Waals surface area contributed by atoms with E-state index in [2.05, 4.69) is 32.0 Å². The van der Waals surface area contributed by atoms with Crippen molar-refractivity contribution in [3.63, 3.8) is 0 Å². The molecule has 2 aliphatic heterocycles. The molecule has 12 nitrogen and oxygen atoms in total. The van der Waals surface area contributed by atoms with Crippen LogP contribution in [0.4, 0.5) is 5.69 Å². The number of likely N-dealkylation sites (N-methyl/N-ethyl adjacent to an activating group) is 1. The molecule has 2 N–H and O–H groups in total. The Balaban J connectivity index is 1.02. The number of unbranched alkanes of at least 4 members (excludes halogenated alkanes) is 1. The first-order valence-corrected chi connectivity index (χ1v) is 18.7. The molecule has 2 amide bonds. The lowest BCUT2D eigenvalue weighted by molar-refractivity contribution is -0.140. The van der Waals surface area contributed by atoms with Crippen molar-refractivity contribution in [3.8, 4) is 0 Å². The van der Waals surface area contributed by atoms with Gasteiger partial charge in [-0.1, -0.05) is 36.8 Å². The predicted octanol–water partition coefficient (Wildman–Crippen LogP) is 3.77. The van der Waals surface area contributed by atoms with E-state index in [0.717, 1.165) is 38.2 Å². The summed E-state index contributed by atoms with van der Waals surface area (Å²) in [6.07, 6.45) is 6.83. The van der Waals surface area contributed by atoms with Crippen LogP contribution in [-0.4, -0.2) is 111 Å². The first kappa shape index (κ1) is 37.3. The number of fused-ring (bicyclic) bond motifs is 1. The van der Waals surface area contributed by atoms with Gasteiger partial charge in [0.15, 0.2) is 0 Å². The molecule has 52 heavy (non-hydrogen) atoms. The minimum Gasteiger partial charge on any atom is -0.388 e. The molecule has 3 aromatic rings. The van der Waals surface area contributed by atoms with Crippen molar-refractivity contribution in [2.24, 2.45) is 5.92 Å². The molecule has 3 fully saturated rings. The number of aliphatic hydroxyl groups is 1. The van der Waals surface area contributed by atoms with Crippen LogP contribution in [0.25, 0.3) is 15.7 Å². The number of piperazine rings is 1. The first-order valence-electron chi connectivity index (χ1n) is 18.7. The van der Waals surface area contributed by atoms with Crippen molar-refractivity contribution < 1.29 is 19.5 Å². The van der Waals surface area contributed by atoms with E-state index >= 15 is 0 Å². The second kappa shape index (κ2) is 16.5. The summed E-state index contributed by atoms with van der Waals surface area (Å²) in [6.45, 7) is 12.8. The Kier molecular flexibility index (Phi) is 11.8. The number of piperidine rings is 1. The molecule has 1 aromatic heterocycles. The average Bonchev–Trinajstić information content (AvgIpc) is 3.96. The number of amides is 2. The number of carbonyl (C=O) groups is 3. The van der Waals surface area contributed by atoms with E-state index < -0.39 is 11.1 Å². The highest BCUT2D eigenvalue weighted by Crippen LogP contribution is 2.42. The second-order valence-electron chi connectivity index (χ2n) is 15.1. The number of hydrogen-bond donors (Lipinski definition) is 2. The zero-order valence-corrected chi connectivity index (χ0v) is 30.3. The number of nitrogens with zero attached hydrogens (tertiary/aromatic N) is 6. The van der Waals surface area contributed by atoms with Gasteiger partial charge in [0, 0.05) is 83.1 Å². The largest absolute Gasteiger partial charge is 0.388 e. The fourth-order valence-electron chi connectivity index (χ4n) is 7.47. The number of anilines is 1. The van der Waals surface area contributed by atoms with Crippen LogP contribution >= 0.6 is 0 Å². The van der Waals surface area contributed by atoms with Crippen LogP contribution in [0.3, 0.4) is 0 Å². The third-order valence-corrected chi connectivity index (χ3v) is 11.2. The van der Waals surface area contributed by atoms with Crippen molar-refractivity contribution in [2.75, 3.05) is 58.2 Å². The number of nitrogens with one attached hydrogen (secondary N) is 1. The van der Waals surface area contributed by atoms with Gasteiger partial charge in [0.1, 0.15) is 0 Å². The molecule has 1 saturated carbocycles. The van der Waals surface area contributed by atoms with Crippen LogP contribution in [0.1, 0.15) is 63.4 Å². The SMILES string of the molecule is [C-]#[N+]C1(C(=O)CCCCC(Cc2ccccc2)C(=O)N2CCC(O)(Cn3cnc4cc(NC(=O)CCN5CCN(C)CC5)ccc4c3=O)CC2)CC1. The maximum Gasteiger partial charge on any atom is 0.290 e. The number of likely N-dealkylation sites (tertiary alicyclic amines) is 1. The molecule has 0 spiro atoms. The predicted molar refractivity (Wildman–Crippen MR) is 200 cm³/mol. The summed E-state index contributed by atoms with van der Waals surface area (Å²) in [7, 11) is 2.10. The summed E-state index contributed by atoms with van der Waals surface area (Å²) in [5.41, 5.74) is -0.0838. The Morgan fingerprint density at radius 2 is 1.69 bits per heavy atom. The standard InChI is InChI=1S/C40H51N7O5/c1-41-40(15-16-40)35(48)11-7-6-10-31(26-30-8-4-3-5-9-30)37(50)46-20-17-39(52,18-21-46)28-47-29-42-34-27-32(12-13-33(34)38(47)51)43-36(49)14-19-45-24-22-44(2)23-25-45/h3-5,8-9,12-13,27,29,31,52H,6-7,10-11,14-26,28H2,2H3,(H,43,49). The molecule has 3 aliphatic rings. The van der Waals surface area contributed by atoms with Gasteiger partial charge in [0.25, 0.3) is 11.1 Å². The average molecular weight is 710 g/mol. The van der Waals surface area contributed by atoms with Gasteiger partial charge >= 0.3 is 0 Å². The smallest absolute Gasteiger partial charge is 0.290 e. The fraction of sp³-hybridized carbons (Fsp3) is 0.550. The summed E-state index contributed by atoms with van der Waals surface area (Å²) in [6, 6.07) is 15.0. The van der Waals surface area contributed by atoms with Gasteiger partial charge in [-0.15, -0.1) is 0 Å². The van der Waals surface area contributed by atoms with E-state index in [4.69, 9.17) is 6.57 Å². The number of aromatic nitrogens is 2. The number of ketones is 1. The van der Waals surface area contributed by atoms with Crippen LogP contribution in [0.2, 0.25) is 0 Å². The van der Waals surface area contributed by atoms with Crippen molar-refractivity contribution >= 4 is 34.2 Å². The van der Waals surface area contributed by atoms with Gasteiger partial charge < -0.3 is 30.0 Å². The summed E-state index contributed by atoms with van der Waals surface area (Å²) < 4.78 is 1.44. The maximum atomic E-state index is 13.9. The van der Waals surface area contributed by atoms with Gasteiger partial charge in [0.05, 0.1) is 29.4 Å². The third-order valence-electron chi connectivity index (χ3n) is 11.2. The van der Waals surface area contributed by atoms with Gasteiger partial charge in [-0.25, -0.2) is 11.6 Å². The number of hydrogen-bond acceptors (Lipinski definition) is 8. The lowest BCUT2D eigenvalue weighted by Gasteiger charge is -2.39. The normalized spacial score (nSPS) is 19.1. The van der Waals surface area contributed by atoms with Crippen molar-refractivity contribution in [1.29, 1.82) is 0 Å². The van der Waals surface area contributed by atoms with Crippen molar-refractivity contribution in [2.45, 2.75) is 81.9 Å². The maximum absolute atomic E-state index is 13.9. The van der Waals surface area contributed by atoms with Gasteiger partial charge in [-0.2, -0.15) is 0 Å². The second-order valence-corrected chi connectivity index (χ2v) is 15.1. The first-order chi connectivity index (χ1) is 25.1. The lowest BCUT2D eigenvalue weighted by atomic mass is 9.88. The minimum absolute atomic E-state index is 0.0327. The molecule has 6 rings (SSSR count). The number of rotatable bonds is 15. The summed E-state index contributed by atoms with van der Waals surface area (Å²) >= 11 is 0. The van der Waals surface area contributed by atoms with Crippen LogP contribution in [0, 0.1) is 12.5 Å². The third kappa shape index (κ3) is 9.31. The molecular weight excluding hydrogens is 658 g/mol. The van der Waals surface area contributed by atoms with E-state index in [0.29, 0.717) is 94.0 Å². The van der Waals surface area contributed by atoms with Gasteiger partial charge in [-0.3, -0.25) is 23.7 Å². The Labute approximate surface area is 305 Å². The minimum atomic E-state index is -1.18.